The van der Waals surface area contributed by atoms with E-state index in [1.807, 2.05) is 6.07 Å². The van der Waals surface area contributed by atoms with Crippen molar-refractivity contribution in [2.75, 3.05) is 0 Å². The Balaban J connectivity index is 2.01. The van der Waals surface area contributed by atoms with E-state index in [-0.39, 0.29) is 11.4 Å². The third-order valence-electron chi connectivity index (χ3n) is 2.97. The number of hydrogen-bond acceptors (Lipinski definition) is 2. The van der Waals surface area contributed by atoms with Gasteiger partial charge in [0.15, 0.2) is 0 Å². The number of benzene rings is 1. The van der Waals surface area contributed by atoms with Gasteiger partial charge in [0, 0.05) is 12.4 Å². The molecule has 0 atom stereocenters. The van der Waals surface area contributed by atoms with Crippen LogP contribution in [0.1, 0.15) is 11.1 Å². The molecule has 3 aromatic rings. The fourth-order valence-electron chi connectivity index (χ4n) is 1.92. The minimum atomic E-state index is -0.283. The Kier molecular flexibility index (Phi) is 3.13. The van der Waals surface area contributed by atoms with Crippen LogP contribution in [-0.4, -0.2) is 9.38 Å². The molecular formula is C16H11FN2O. The Bertz CT molecular complexity index is 835. The van der Waals surface area contributed by atoms with E-state index in [1.54, 1.807) is 42.6 Å². The lowest BCUT2D eigenvalue weighted by Crippen LogP contribution is -2.16. The van der Waals surface area contributed by atoms with Crippen molar-refractivity contribution in [1.82, 2.24) is 9.38 Å². The summed E-state index contributed by atoms with van der Waals surface area (Å²) in [4.78, 5) is 16.4. The molecule has 0 aliphatic rings. The van der Waals surface area contributed by atoms with Gasteiger partial charge in [-0.1, -0.05) is 24.3 Å². The number of aromatic nitrogens is 2. The molecule has 2 heterocycles. The summed E-state index contributed by atoms with van der Waals surface area (Å²) in [6, 6.07) is 11.4. The minimum absolute atomic E-state index is 0.131. The average Bonchev–Trinajstić information content (AvgIpc) is 2.49. The summed E-state index contributed by atoms with van der Waals surface area (Å²) in [6.45, 7) is 0. The summed E-state index contributed by atoms with van der Waals surface area (Å²) in [6.07, 6.45) is 6.66. The largest absolute Gasteiger partial charge is 0.268 e. The number of halogens is 1. The molecule has 20 heavy (non-hydrogen) atoms. The van der Waals surface area contributed by atoms with Gasteiger partial charge in [0.05, 0.1) is 5.56 Å². The molecule has 0 radical (unpaired) electrons. The molecule has 0 amide bonds. The van der Waals surface area contributed by atoms with Gasteiger partial charge < -0.3 is 0 Å². The SMILES string of the molecule is O=c1c(/C=C/c2ccc(F)cc2)cnc2ccccn12. The summed E-state index contributed by atoms with van der Waals surface area (Å²) in [5.74, 6) is -0.283. The van der Waals surface area contributed by atoms with E-state index in [9.17, 15) is 9.18 Å². The quantitative estimate of drug-likeness (QED) is 0.714. The Hall–Kier alpha value is -2.75. The molecular weight excluding hydrogens is 255 g/mol. The minimum Gasteiger partial charge on any atom is -0.268 e. The van der Waals surface area contributed by atoms with Crippen LogP contribution < -0.4 is 5.56 Å². The van der Waals surface area contributed by atoms with Crippen molar-refractivity contribution >= 4 is 17.8 Å². The number of pyridine rings is 1. The maximum atomic E-state index is 12.8. The number of fused-ring (bicyclic) bond motifs is 1. The first-order valence-corrected chi connectivity index (χ1v) is 6.14. The van der Waals surface area contributed by atoms with Crippen molar-refractivity contribution in [3.63, 3.8) is 0 Å². The van der Waals surface area contributed by atoms with E-state index in [4.69, 9.17) is 0 Å². The van der Waals surface area contributed by atoms with Gasteiger partial charge in [0.1, 0.15) is 11.5 Å². The van der Waals surface area contributed by atoms with Crippen LogP contribution in [0.4, 0.5) is 4.39 Å². The number of hydrogen-bond donors (Lipinski definition) is 0. The number of nitrogens with zero attached hydrogens (tertiary/aromatic N) is 2. The van der Waals surface area contributed by atoms with Crippen molar-refractivity contribution in [2.45, 2.75) is 0 Å². The Morgan fingerprint density at radius 1 is 1.05 bits per heavy atom. The highest BCUT2D eigenvalue weighted by Gasteiger charge is 2.00. The van der Waals surface area contributed by atoms with Gasteiger partial charge in [0.2, 0.25) is 0 Å². The maximum Gasteiger partial charge on any atom is 0.265 e. The van der Waals surface area contributed by atoms with Crippen LogP contribution in [0.25, 0.3) is 17.8 Å². The monoisotopic (exact) mass is 266 g/mol. The second-order valence-electron chi connectivity index (χ2n) is 4.33. The highest BCUT2D eigenvalue weighted by Crippen LogP contribution is 2.07. The Labute approximate surface area is 114 Å². The van der Waals surface area contributed by atoms with Gasteiger partial charge in [-0.05, 0) is 35.9 Å². The predicted molar refractivity (Wildman–Crippen MR) is 76.8 cm³/mol. The lowest BCUT2D eigenvalue weighted by atomic mass is 10.2. The molecule has 2 aromatic heterocycles. The average molecular weight is 266 g/mol. The summed E-state index contributed by atoms with van der Waals surface area (Å²) in [7, 11) is 0. The molecule has 3 nitrogen and oxygen atoms in total. The van der Waals surface area contributed by atoms with Gasteiger partial charge in [-0.3, -0.25) is 9.20 Å². The van der Waals surface area contributed by atoms with Crippen molar-refractivity contribution in [3.8, 4) is 0 Å². The normalized spacial score (nSPS) is 11.2. The van der Waals surface area contributed by atoms with Crippen LogP contribution in [0.5, 0.6) is 0 Å². The summed E-state index contributed by atoms with van der Waals surface area (Å²) < 4.78 is 14.3. The summed E-state index contributed by atoms with van der Waals surface area (Å²) in [5.41, 5.74) is 1.78. The molecule has 0 fully saturated rings. The molecule has 1 aromatic carbocycles. The van der Waals surface area contributed by atoms with Gasteiger partial charge in [-0.25, -0.2) is 9.37 Å². The van der Waals surface area contributed by atoms with E-state index >= 15 is 0 Å². The lowest BCUT2D eigenvalue weighted by Gasteiger charge is -2.00. The molecule has 0 unspecified atom stereocenters. The molecule has 3 rings (SSSR count). The zero-order chi connectivity index (χ0) is 13.9. The smallest absolute Gasteiger partial charge is 0.265 e. The van der Waals surface area contributed by atoms with Gasteiger partial charge >= 0.3 is 0 Å². The van der Waals surface area contributed by atoms with Gasteiger partial charge in [0.25, 0.3) is 5.56 Å². The van der Waals surface area contributed by atoms with Gasteiger partial charge in [-0.2, -0.15) is 0 Å². The molecule has 0 N–H and O–H groups in total. The van der Waals surface area contributed by atoms with Crippen LogP contribution in [-0.2, 0) is 0 Å². The standard InChI is InChI=1S/C16H11FN2O/c17-14-8-5-12(6-9-14)4-7-13-11-18-15-3-1-2-10-19(15)16(13)20/h1-11H/b7-4+. The predicted octanol–water partition coefficient (Wildman–Crippen LogP) is 3.00. The van der Waals surface area contributed by atoms with Crippen LogP contribution >= 0.6 is 0 Å². The highest BCUT2D eigenvalue weighted by molar-refractivity contribution is 5.69. The molecule has 0 saturated heterocycles. The molecule has 0 aliphatic carbocycles. The first kappa shape index (κ1) is 12.3. The summed E-state index contributed by atoms with van der Waals surface area (Å²) >= 11 is 0. The zero-order valence-corrected chi connectivity index (χ0v) is 10.5. The molecule has 0 aliphatic heterocycles. The van der Waals surface area contributed by atoms with Crippen molar-refractivity contribution in [1.29, 1.82) is 0 Å². The lowest BCUT2D eigenvalue weighted by molar-refractivity contribution is 0.628. The Morgan fingerprint density at radius 3 is 2.65 bits per heavy atom. The fourth-order valence-corrected chi connectivity index (χ4v) is 1.92. The van der Waals surface area contributed by atoms with Crippen LogP contribution in [0, 0.1) is 5.82 Å². The molecule has 0 saturated carbocycles. The molecule has 4 heteroatoms. The topological polar surface area (TPSA) is 34.4 Å². The van der Waals surface area contributed by atoms with Crippen molar-refractivity contribution < 1.29 is 4.39 Å². The van der Waals surface area contributed by atoms with Crippen LogP contribution in [0.15, 0.2) is 59.7 Å². The number of rotatable bonds is 2. The second-order valence-corrected chi connectivity index (χ2v) is 4.33. The van der Waals surface area contributed by atoms with Crippen molar-refractivity contribution in [3.05, 3.63) is 82.2 Å². The molecule has 98 valence electrons. The van der Waals surface area contributed by atoms with Gasteiger partial charge in [-0.15, -0.1) is 0 Å². The third kappa shape index (κ3) is 2.36. The van der Waals surface area contributed by atoms with Crippen LogP contribution in [0.3, 0.4) is 0 Å². The van der Waals surface area contributed by atoms with E-state index < -0.39 is 0 Å². The molecule has 0 spiro atoms. The van der Waals surface area contributed by atoms with E-state index in [0.29, 0.717) is 11.2 Å². The van der Waals surface area contributed by atoms with E-state index in [1.165, 1.54) is 22.7 Å². The zero-order valence-electron chi connectivity index (χ0n) is 10.5. The first-order chi connectivity index (χ1) is 9.74. The summed E-state index contributed by atoms with van der Waals surface area (Å²) in [5, 5.41) is 0. The third-order valence-corrected chi connectivity index (χ3v) is 2.97. The van der Waals surface area contributed by atoms with Crippen LogP contribution in [0.2, 0.25) is 0 Å². The fraction of sp³-hybridized carbons (Fsp3) is 0. The first-order valence-electron chi connectivity index (χ1n) is 6.14. The second kappa shape index (κ2) is 5.09. The van der Waals surface area contributed by atoms with Crippen molar-refractivity contribution in [2.24, 2.45) is 0 Å². The Morgan fingerprint density at radius 2 is 1.85 bits per heavy atom. The van der Waals surface area contributed by atoms with E-state index in [0.717, 1.165) is 5.56 Å². The molecule has 0 bridgehead atoms. The highest BCUT2D eigenvalue weighted by atomic mass is 19.1. The maximum absolute atomic E-state index is 12.8. The van der Waals surface area contributed by atoms with E-state index in [2.05, 4.69) is 4.98 Å².